The van der Waals surface area contributed by atoms with Crippen molar-refractivity contribution in [3.8, 4) is 11.5 Å². The first-order valence-corrected chi connectivity index (χ1v) is 10.6. The molecule has 0 bridgehead atoms. The molecule has 0 saturated heterocycles. The van der Waals surface area contributed by atoms with E-state index >= 15 is 0 Å². The van der Waals surface area contributed by atoms with Gasteiger partial charge in [-0.05, 0) is 42.9 Å². The van der Waals surface area contributed by atoms with Gasteiger partial charge in [-0.15, -0.1) is 0 Å². The van der Waals surface area contributed by atoms with Gasteiger partial charge in [0.1, 0.15) is 0 Å². The highest BCUT2D eigenvalue weighted by atomic mass is 16.7. The first kappa shape index (κ1) is 20.5. The number of hydrogen-bond donors (Lipinski definition) is 1. The summed E-state index contributed by atoms with van der Waals surface area (Å²) in [6, 6.07) is 5.63. The van der Waals surface area contributed by atoms with Crippen LogP contribution in [0.5, 0.6) is 11.5 Å². The van der Waals surface area contributed by atoms with Crippen molar-refractivity contribution in [2.75, 3.05) is 13.4 Å². The number of fused-ring (bicyclic) bond motifs is 1. The van der Waals surface area contributed by atoms with Crippen molar-refractivity contribution in [1.29, 1.82) is 0 Å². The maximum atomic E-state index is 13.3. The number of carbonyl (C=O) groups is 2. The van der Waals surface area contributed by atoms with Crippen LogP contribution in [0.25, 0.3) is 0 Å². The second kappa shape index (κ2) is 7.82. The highest BCUT2D eigenvalue weighted by Crippen LogP contribution is 2.48. The molecule has 0 amide bonds. The molecule has 30 heavy (non-hydrogen) atoms. The molecule has 0 spiro atoms. The van der Waals surface area contributed by atoms with Crippen molar-refractivity contribution in [3.05, 3.63) is 46.3 Å². The van der Waals surface area contributed by atoms with Crippen LogP contribution in [0.2, 0.25) is 0 Å². The molecule has 1 aliphatic carbocycles. The van der Waals surface area contributed by atoms with E-state index < -0.39 is 5.92 Å². The fourth-order valence-corrected chi connectivity index (χ4v) is 4.52. The zero-order valence-corrected chi connectivity index (χ0v) is 18.1. The number of allylic oxidation sites excluding steroid dienone is 3. The first-order chi connectivity index (χ1) is 14.3. The van der Waals surface area contributed by atoms with Crippen LogP contribution in [0.3, 0.4) is 0 Å². The highest BCUT2D eigenvalue weighted by Gasteiger charge is 2.43. The monoisotopic (exact) mass is 411 g/mol. The van der Waals surface area contributed by atoms with Crippen molar-refractivity contribution >= 4 is 11.8 Å². The van der Waals surface area contributed by atoms with Gasteiger partial charge in [0, 0.05) is 29.3 Å². The van der Waals surface area contributed by atoms with Gasteiger partial charge < -0.3 is 19.5 Å². The van der Waals surface area contributed by atoms with Crippen LogP contribution >= 0.6 is 0 Å². The predicted molar refractivity (Wildman–Crippen MR) is 112 cm³/mol. The minimum atomic E-state index is -0.478. The van der Waals surface area contributed by atoms with E-state index in [1.807, 2.05) is 25.1 Å². The maximum Gasteiger partial charge on any atom is 0.336 e. The lowest BCUT2D eigenvalue weighted by atomic mass is 9.68. The standard InChI is InChI=1S/C24H29NO5/c1-5-6-9-28-23(27)20-14(2)25-16-11-24(3,4)12-17(26)22(16)21(20)15-7-8-18-19(10-15)30-13-29-18/h7-8,10,21,25H,5-6,9,11-13H2,1-4H3/t21-/m1/s1. The Kier molecular flexibility index (Phi) is 5.35. The van der Waals surface area contributed by atoms with Gasteiger partial charge in [0.15, 0.2) is 17.3 Å². The van der Waals surface area contributed by atoms with Gasteiger partial charge >= 0.3 is 5.97 Å². The molecule has 1 N–H and O–H groups in total. The SMILES string of the molecule is CCCCOC(=O)C1=C(C)NC2=C(C(=O)CC(C)(C)C2)[C@@H]1c1ccc2c(c1)OCO2. The molecule has 1 atom stereocenters. The van der Waals surface area contributed by atoms with Gasteiger partial charge in [0.2, 0.25) is 6.79 Å². The van der Waals surface area contributed by atoms with Gasteiger partial charge in [-0.2, -0.15) is 0 Å². The van der Waals surface area contributed by atoms with Gasteiger partial charge in [-0.1, -0.05) is 33.3 Å². The fraction of sp³-hybridized carbons (Fsp3) is 0.500. The van der Waals surface area contributed by atoms with Crippen LogP contribution in [0.15, 0.2) is 40.7 Å². The number of hydrogen-bond acceptors (Lipinski definition) is 6. The number of Topliss-reactive ketones (excluding diaryl/α,β-unsaturated/α-hetero) is 1. The lowest BCUT2D eigenvalue weighted by Gasteiger charge is -2.39. The molecule has 3 aliphatic rings. The number of esters is 1. The molecule has 160 valence electrons. The summed E-state index contributed by atoms with van der Waals surface area (Å²) >= 11 is 0. The van der Waals surface area contributed by atoms with E-state index in [-0.39, 0.29) is 24.0 Å². The molecule has 0 radical (unpaired) electrons. The second-order valence-electron chi connectivity index (χ2n) is 9.03. The molecule has 6 heteroatoms. The third kappa shape index (κ3) is 3.71. The highest BCUT2D eigenvalue weighted by molar-refractivity contribution is 6.04. The summed E-state index contributed by atoms with van der Waals surface area (Å²) < 4.78 is 16.6. The molecule has 6 nitrogen and oxygen atoms in total. The molecule has 0 fully saturated rings. The molecule has 2 aliphatic heterocycles. The summed E-state index contributed by atoms with van der Waals surface area (Å²) in [5, 5.41) is 3.36. The van der Waals surface area contributed by atoms with Crippen LogP contribution < -0.4 is 14.8 Å². The van der Waals surface area contributed by atoms with E-state index in [0.717, 1.165) is 36.2 Å². The summed E-state index contributed by atoms with van der Waals surface area (Å²) in [5.74, 6) is 0.524. The van der Waals surface area contributed by atoms with Crippen LogP contribution in [0, 0.1) is 5.41 Å². The Labute approximate surface area is 177 Å². The van der Waals surface area contributed by atoms with Gasteiger partial charge in [0.05, 0.1) is 12.2 Å². The van der Waals surface area contributed by atoms with Crippen molar-refractivity contribution in [3.63, 3.8) is 0 Å². The molecule has 2 heterocycles. The smallest absolute Gasteiger partial charge is 0.336 e. The fourth-order valence-electron chi connectivity index (χ4n) is 4.52. The average Bonchev–Trinajstić information content (AvgIpc) is 3.13. The van der Waals surface area contributed by atoms with Gasteiger partial charge in [-0.3, -0.25) is 4.79 Å². The average molecular weight is 411 g/mol. The minimum absolute atomic E-state index is 0.0720. The summed E-state index contributed by atoms with van der Waals surface area (Å²) in [7, 11) is 0. The molecule has 4 rings (SSSR count). The Morgan fingerprint density at radius 1 is 1.23 bits per heavy atom. The number of ketones is 1. The molecular formula is C24H29NO5. The Balaban J connectivity index is 1.79. The van der Waals surface area contributed by atoms with Gasteiger partial charge in [0.25, 0.3) is 0 Å². The summed E-state index contributed by atoms with van der Waals surface area (Å²) in [5.41, 5.74) is 3.52. The zero-order chi connectivity index (χ0) is 21.5. The Morgan fingerprint density at radius 2 is 2.00 bits per heavy atom. The molecule has 0 saturated carbocycles. The van der Waals surface area contributed by atoms with Gasteiger partial charge in [-0.25, -0.2) is 4.79 Å². The summed E-state index contributed by atoms with van der Waals surface area (Å²) in [4.78, 5) is 26.4. The van der Waals surface area contributed by atoms with Crippen LogP contribution in [0.4, 0.5) is 0 Å². The normalized spacial score (nSPS) is 22.0. The van der Waals surface area contributed by atoms with E-state index in [1.165, 1.54) is 0 Å². The number of ether oxygens (including phenoxy) is 3. The lowest BCUT2D eigenvalue weighted by molar-refractivity contribution is -0.139. The van der Waals surface area contributed by atoms with Crippen molar-refractivity contribution < 1.29 is 23.8 Å². The van der Waals surface area contributed by atoms with Crippen molar-refractivity contribution in [1.82, 2.24) is 5.32 Å². The van der Waals surface area contributed by atoms with E-state index in [0.29, 0.717) is 35.7 Å². The number of dihydropyridines is 1. The number of unbranched alkanes of at least 4 members (excludes halogenated alkanes) is 1. The maximum absolute atomic E-state index is 13.3. The van der Waals surface area contributed by atoms with E-state index in [4.69, 9.17) is 14.2 Å². The first-order valence-electron chi connectivity index (χ1n) is 10.6. The van der Waals surface area contributed by atoms with Crippen LogP contribution in [0.1, 0.15) is 64.9 Å². The summed E-state index contributed by atoms with van der Waals surface area (Å²) in [6.45, 7) is 8.67. The molecule has 0 unspecified atom stereocenters. The Hall–Kier alpha value is -2.76. The van der Waals surface area contributed by atoms with Crippen molar-refractivity contribution in [2.45, 2.75) is 59.3 Å². The number of carbonyl (C=O) groups excluding carboxylic acids is 2. The number of rotatable bonds is 5. The molecule has 1 aromatic carbocycles. The van der Waals surface area contributed by atoms with E-state index in [1.54, 1.807) is 0 Å². The van der Waals surface area contributed by atoms with Crippen LogP contribution in [-0.4, -0.2) is 25.2 Å². The predicted octanol–water partition coefficient (Wildman–Crippen LogP) is 4.36. The number of nitrogens with one attached hydrogen (secondary N) is 1. The Morgan fingerprint density at radius 3 is 2.77 bits per heavy atom. The second-order valence-corrected chi connectivity index (χ2v) is 9.03. The van der Waals surface area contributed by atoms with E-state index in [9.17, 15) is 9.59 Å². The Bertz CT molecular complexity index is 956. The largest absolute Gasteiger partial charge is 0.462 e. The van der Waals surface area contributed by atoms with E-state index in [2.05, 4.69) is 26.1 Å². The molecule has 0 aromatic heterocycles. The summed E-state index contributed by atoms with van der Waals surface area (Å²) in [6.07, 6.45) is 2.95. The molecule has 1 aromatic rings. The minimum Gasteiger partial charge on any atom is -0.462 e. The number of benzene rings is 1. The third-order valence-electron chi connectivity index (χ3n) is 5.92. The topological polar surface area (TPSA) is 73.9 Å². The van der Waals surface area contributed by atoms with Crippen LogP contribution in [-0.2, 0) is 14.3 Å². The van der Waals surface area contributed by atoms with Crippen molar-refractivity contribution in [2.24, 2.45) is 5.41 Å². The quantitative estimate of drug-likeness (QED) is 0.573. The zero-order valence-electron chi connectivity index (χ0n) is 18.1. The third-order valence-corrected chi connectivity index (χ3v) is 5.92. The lowest BCUT2D eigenvalue weighted by Crippen LogP contribution is -2.38. The molecular weight excluding hydrogens is 382 g/mol.